The molecular formula is C7H12O4. The van der Waals surface area contributed by atoms with Gasteiger partial charge in [0.15, 0.2) is 6.10 Å². The molecule has 0 rings (SSSR count). The second-order valence-electron chi connectivity index (χ2n) is 2.37. The van der Waals surface area contributed by atoms with Gasteiger partial charge in [0, 0.05) is 0 Å². The highest BCUT2D eigenvalue weighted by Crippen LogP contribution is 2.05. The summed E-state index contributed by atoms with van der Waals surface area (Å²) >= 11 is 0. The first-order valence-electron chi connectivity index (χ1n) is 3.27. The van der Waals surface area contributed by atoms with Crippen LogP contribution in [0.4, 0.5) is 0 Å². The SMILES string of the molecule is COC(=O)[C@@H](O)[C@H](C)C(C)=O. The number of methoxy groups -OCH3 is 1. The Bertz CT molecular complexity index is 164. The van der Waals surface area contributed by atoms with Gasteiger partial charge >= 0.3 is 5.97 Å². The summed E-state index contributed by atoms with van der Waals surface area (Å²) in [6, 6.07) is 0. The largest absolute Gasteiger partial charge is 0.467 e. The van der Waals surface area contributed by atoms with Gasteiger partial charge in [-0.05, 0) is 6.92 Å². The van der Waals surface area contributed by atoms with Crippen LogP contribution in [0.2, 0.25) is 0 Å². The highest BCUT2D eigenvalue weighted by Gasteiger charge is 2.25. The van der Waals surface area contributed by atoms with Gasteiger partial charge in [0.1, 0.15) is 5.78 Å². The summed E-state index contributed by atoms with van der Waals surface area (Å²) in [5.41, 5.74) is 0. The summed E-state index contributed by atoms with van der Waals surface area (Å²) < 4.78 is 4.24. The quantitative estimate of drug-likeness (QED) is 0.578. The van der Waals surface area contributed by atoms with Crippen LogP contribution in [0.25, 0.3) is 0 Å². The molecule has 1 N–H and O–H groups in total. The van der Waals surface area contributed by atoms with Crippen LogP contribution in [0.3, 0.4) is 0 Å². The minimum Gasteiger partial charge on any atom is -0.467 e. The summed E-state index contributed by atoms with van der Waals surface area (Å²) in [7, 11) is 1.17. The minimum absolute atomic E-state index is 0.233. The van der Waals surface area contributed by atoms with Crippen molar-refractivity contribution in [3.05, 3.63) is 0 Å². The fourth-order valence-corrected chi connectivity index (χ4v) is 0.547. The predicted molar refractivity (Wildman–Crippen MR) is 37.9 cm³/mol. The summed E-state index contributed by atoms with van der Waals surface area (Å²) in [5.74, 6) is -1.70. The Labute approximate surface area is 65.2 Å². The van der Waals surface area contributed by atoms with Crippen LogP contribution in [-0.4, -0.2) is 30.1 Å². The summed E-state index contributed by atoms with van der Waals surface area (Å²) in [5, 5.41) is 9.06. The first kappa shape index (κ1) is 10.1. The van der Waals surface area contributed by atoms with E-state index in [9.17, 15) is 9.59 Å². The molecule has 0 radical (unpaired) electrons. The molecule has 0 aromatic rings. The maximum absolute atomic E-state index is 10.6. The number of hydrogen-bond acceptors (Lipinski definition) is 4. The molecule has 0 saturated heterocycles. The van der Waals surface area contributed by atoms with Crippen molar-refractivity contribution in [1.82, 2.24) is 0 Å². The highest BCUT2D eigenvalue weighted by atomic mass is 16.5. The average Bonchev–Trinajstić information content (AvgIpc) is 2.00. The molecule has 0 aliphatic rings. The Kier molecular flexibility index (Phi) is 3.74. The highest BCUT2D eigenvalue weighted by molar-refractivity contribution is 5.86. The van der Waals surface area contributed by atoms with E-state index >= 15 is 0 Å². The molecule has 0 aliphatic carbocycles. The van der Waals surface area contributed by atoms with Crippen molar-refractivity contribution in [1.29, 1.82) is 0 Å². The van der Waals surface area contributed by atoms with E-state index in [1.165, 1.54) is 21.0 Å². The zero-order chi connectivity index (χ0) is 9.02. The Hall–Kier alpha value is -0.900. The number of esters is 1. The molecule has 0 saturated carbocycles. The second-order valence-corrected chi connectivity index (χ2v) is 2.37. The summed E-state index contributed by atoms with van der Waals surface area (Å²) in [6.45, 7) is 2.79. The van der Waals surface area contributed by atoms with E-state index in [4.69, 9.17) is 5.11 Å². The Morgan fingerprint density at radius 2 is 1.91 bits per heavy atom. The molecule has 4 heteroatoms. The number of ether oxygens (including phenoxy) is 1. The van der Waals surface area contributed by atoms with Crippen LogP contribution in [-0.2, 0) is 14.3 Å². The predicted octanol–water partition coefficient (Wildman–Crippen LogP) is -0.255. The molecular weight excluding hydrogens is 148 g/mol. The standard InChI is InChI=1S/C7H12O4/c1-4(5(2)8)6(9)7(10)11-3/h4,6,9H,1-3H3/t4-,6+/m1/s1. The van der Waals surface area contributed by atoms with Gasteiger partial charge in [-0.3, -0.25) is 4.79 Å². The normalized spacial score (nSPS) is 15.3. The zero-order valence-electron chi connectivity index (χ0n) is 6.83. The molecule has 4 nitrogen and oxygen atoms in total. The molecule has 0 heterocycles. The van der Waals surface area contributed by atoms with Crippen molar-refractivity contribution in [2.24, 2.45) is 5.92 Å². The lowest BCUT2D eigenvalue weighted by atomic mass is 10.0. The number of rotatable bonds is 3. The summed E-state index contributed by atoms with van der Waals surface area (Å²) in [4.78, 5) is 21.3. The van der Waals surface area contributed by atoms with Crippen LogP contribution in [0.15, 0.2) is 0 Å². The molecule has 2 atom stereocenters. The van der Waals surface area contributed by atoms with E-state index in [-0.39, 0.29) is 5.78 Å². The van der Waals surface area contributed by atoms with E-state index in [1.54, 1.807) is 0 Å². The van der Waals surface area contributed by atoms with Crippen molar-refractivity contribution in [2.45, 2.75) is 20.0 Å². The number of aliphatic hydroxyl groups excluding tert-OH is 1. The van der Waals surface area contributed by atoms with Gasteiger partial charge in [0.05, 0.1) is 13.0 Å². The van der Waals surface area contributed by atoms with Gasteiger partial charge in [-0.2, -0.15) is 0 Å². The van der Waals surface area contributed by atoms with Crippen molar-refractivity contribution in [3.63, 3.8) is 0 Å². The third-order valence-corrected chi connectivity index (χ3v) is 1.56. The molecule has 0 aromatic heterocycles. The zero-order valence-corrected chi connectivity index (χ0v) is 6.83. The van der Waals surface area contributed by atoms with E-state index in [1.807, 2.05) is 0 Å². The van der Waals surface area contributed by atoms with Gasteiger partial charge in [-0.15, -0.1) is 0 Å². The Balaban J connectivity index is 4.12. The van der Waals surface area contributed by atoms with E-state index in [0.29, 0.717) is 0 Å². The fourth-order valence-electron chi connectivity index (χ4n) is 0.547. The lowest BCUT2D eigenvalue weighted by Gasteiger charge is -2.12. The van der Waals surface area contributed by atoms with Crippen molar-refractivity contribution >= 4 is 11.8 Å². The minimum atomic E-state index is -1.34. The Morgan fingerprint density at radius 1 is 1.45 bits per heavy atom. The first-order chi connectivity index (χ1) is 5.00. The third-order valence-electron chi connectivity index (χ3n) is 1.56. The van der Waals surface area contributed by atoms with Crippen LogP contribution < -0.4 is 0 Å². The van der Waals surface area contributed by atoms with Gasteiger partial charge in [0.25, 0.3) is 0 Å². The average molecular weight is 160 g/mol. The fraction of sp³-hybridized carbons (Fsp3) is 0.714. The second kappa shape index (κ2) is 4.08. The molecule has 0 aliphatic heterocycles. The van der Waals surface area contributed by atoms with Gasteiger partial charge < -0.3 is 9.84 Å². The molecule has 0 bridgehead atoms. The monoisotopic (exact) mass is 160 g/mol. The maximum atomic E-state index is 10.6. The van der Waals surface area contributed by atoms with Crippen molar-refractivity contribution in [3.8, 4) is 0 Å². The van der Waals surface area contributed by atoms with Crippen LogP contribution in [0.1, 0.15) is 13.8 Å². The lowest BCUT2D eigenvalue weighted by Crippen LogP contribution is -2.32. The van der Waals surface area contributed by atoms with Crippen LogP contribution in [0, 0.1) is 5.92 Å². The topological polar surface area (TPSA) is 63.6 Å². The maximum Gasteiger partial charge on any atom is 0.335 e. The summed E-state index contributed by atoms with van der Waals surface area (Å²) in [6.07, 6.45) is -1.34. The number of carbonyl (C=O) groups excluding carboxylic acids is 2. The van der Waals surface area contributed by atoms with E-state index in [0.717, 1.165) is 0 Å². The number of Topliss-reactive ketones (excluding diaryl/α,β-unsaturated/α-hetero) is 1. The molecule has 0 amide bonds. The van der Waals surface area contributed by atoms with E-state index < -0.39 is 18.0 Å². The molecule has 0 aromatic carbocycles. The molecule has 11 heavy (non-hydrogen) atoms. The van der Waals surface area contributed by atoms with E-state index in [2.05, 4.69) is 4.74 Å². The lowest BCUT2D eigenvalue weighted by molar-refractivity contribution is -0.155. The Morgan fingerprint density at radius 3 is 2.18 bits per heavy atom. The molecule has 0 spiro atoms. The van der Waals surface area contributed by atoms with Gasteiger partial charge in [-0.1, -0.05) is 6.92 Å². The number of ketones is 1. The number of hydrogen-bond donors (Lipinski definition) is 1. The molecule has 64 valence electrons. The smallest absolute Gasteiger partial charge is 0.335 e. The molecule has 0 fully saturated rings. The van der Waals surface area contributed by atoms with Gasteiger partial charge in [-0.25, -0.2) is 4.79 Å². The van der Waals surface area contributed by atoms with Crippen LogP contribution in [0.5, 0.6) is 0 Å². The number of carbonyl (C=O) groups is 2. The third kappa shape index (κ3) is 2.67. The van der Waals surface area contributed by atoms with Gasteiger partial charge in [0.2, 0.25) is 0 Å². The van der Waals surface area contributed by atoms with Crippen LogP contribution >= 0.6 is 0 Å². The first-order valence-corrected chi connectivity index (χ1v) is 3.27. The number of aliphatic hydroxyl groups is 1. The molecule has 0 unspecified atom stereocenters. The van der Waals surface area contributed by atoms with Crippen molar-refractivity contribution in [2.75, 3.05) is 7.11 Å². The van der Waals surface area contributed by atoms with Crippen molar-refractivity contribution < 1.29 is 19.4 Å².